The molecule has 9 heteroatoms. The van der Waals surface area contributed by atoms with Crippen LogP contribution in [0, 0.1) is 0 Å². The molecule has 3 rings (SSSR count). The number of ether oxygens (including phenoxy) is 1. The molecule has 2 amide bonds. The number of nitrogens with one attached hydrogen (secondary N) is 2. The normalized spacial score (nSPS) is 14.5. The number of carbonyl (C=O) groups is 2. The smallest absolute Gasteiger partial charge is 0.313 e. The van der Waals surface area contributed by atoms with Crippen LogP contribution < -0.4 is 15.4 Å². The summed E-state index contributed by atoms with van der Waals surface area (Å²) in [5, 5.41) is 6.66. The lowest BCUT2D eigenvalue weighted by Crippen LogP contribution is -2.48. The van der Waals surface area contributed by atoms with Gasteiger partial charge in [0, 0.05) is 61.5 Å². The summed E-state index contributed by atoms with van der Waals surface area (Å²) in [6.45, 7) is 8.31. The predicted molar refractivity (Wildman–Crippen MR) is 141 cm³/mol. The third-order valence-electron chi connectivity index (χ3n) is 5.92. The second kappa shape index (κ2) is 14.3. The molecule has 1 fully saturated rings. The first kappa shape index (κ1) is 27.3. The Kier molecular flexibility index (Phi) is 11.1. The summed E-state index contributed by atoms with van der Waals surface area (Å²) < 4.78 is 5.66. The molecule has 1 aliphatic heterocycles. The molecule has 190 valence electrons. The number of unbranched alkanes of at least 4 members (excludes halogenated alkanes) is 2. The van der Waals surface area contributed by atoms with Gasteiger partial charge >= 0.3 is 11.8 Å². The zero-order chi connectivity index (χ0) is 25.0. The van der Waals surface area contributed by atoms with Crippen molar-refractivity contribution in [1.29, 1.82) is 0 Å². The number of piperazine rings is 1. The van der Waals surface area contributed by atoms with Gasteiger partial charge in [-0.05, 0) is 48.4 Å². The maximum Gasteiger partial charge on any atom is 0.313 e. The summed E-state index contributed by atoms with van der Waals surface area (Å²) in [7, 11) is 0. The highest BCUT2D eigenvalue weighted by Gasteiger charge is 2.19. The average molecular weight is 521 g/mol. The Morgan fingerprint density at radius 1 is 0.943 bits per heavy atom. The van der Waals surface area contributed by atoms with Gasteiger partial charge in [-0.25, -0.2) is 0 Å². The third kappa shape index (κ3) is 9.33. The number of hydrogen-bond acceptors (Lipinski definition) is 5. The molecular weight excluding hydrogens is 487 g/mol. The first-order valence-electron chi connectivity index (χ1n) is 12.1. The number of halogens is 2. The van der Waals surface area contributed by atoms with E-state index in [-0.39, 0.29) is 0 Å². The molecule has 0 unspecified atom stereocenters. The van der Waals surface area contributed by atoms with E-state index in [2.05, 4.69) is 27.4 Å². The summed E-state index contributed by atoms with van der Waals surface area (Å²) in [5.74, 6) is -0.563. The van der Waals surface area contributed by atoms with E-state index in [1.807, 2.05) is 12.1 Å². The molecule has 0 radical (unpaired) electrons. The predicted octanol–water partition coefficient (Wildman–Crippen LogP) is 4.43. The molecule has 0 aromatic heterocycles. The molecule has 0 saturated carbocycles. The second-order valence-electron chi connectivity index (χ2n) is 8.64. The number of carbonyl (C=O) groups excluding carboxylic acids is 2. The monoisotopic (exact) mass is 520 g/mol. The molecule has 0 atom stereocenters. The Morgan fingerprint density at radius 2 is 1.66 bits per heavy atom. The first-order valence-corrected chi connectivity index (χ1v) is 12.9. The molecule has 7 nitrogen and oxygen atoms in total. The topological polar surface area (TPSA) is 73.9 Å². The number of nitrogens with zero attached hydrogens (tertiary/aromatic N) is 2. The van der Waals surface area contributed by atoms with E-state index in [1.54, 1.807) is 30.3 Å². The van der Waals surface area contributed by atoms with E-state index in [9.17, 15) is 9.59 Å². The van der Waals surface area contributed by atoms with Crippen molar-refractivity contribution in [2.24, 2.45) is 0 Å². The third-order valence-corrected chi connectivity index (χ3v) is 6.51. The van der Waals surface area contributed by atoms with E-state index in [0.717, 1.165) is 63.3 Å². The van der Waals surface area contributed by atoms with Gasteiger partial charge in [-0.15, -0.1) is 0 Å². The van der Waals surface area contributed by atoms with Crippen molar-refractivity contribution in [2.45, 2.75) is 32.7 Å². The van der Waals surface area contributed by atoms with Gasteiger partial charge in [0.2, 0.25) is 0 Å². The highest BCUT2D eigenvalue weighted by molar-refractivity contribution is 6.39. The molecule has 35 heavy (non-hydrogen) atoms. The Morgan fingerprint density at radius 3 is 2.34 bits per heavy atom. The van der Waals surface area contributed by atoms with Crippen LogP contribution >= 0.6 is 23.2 Å². The summed E-state index contributed by atoms with van der Waals surface area (Å²) in [6.07, 6.45) is 3.30. The molecule has 2 N–H and O–H groups in total. The fraction of sp³-hybridized carbons (Fsp3) is 0.462. The van der Waals surface area contributed by atoms with Crippen LogP contribution in [0.25, 0.3) is 0 Å². The van der Waals surface area contributed by atoms with Gasteiger partial charge in [-0.3, -0.25) is 19.4 Å². The zero-order valence-corrected chi connectivity index (χ0v) is 21.7. The van der Waals surface area contributed by atoms with Gasteiger partial charge in [0.1, 0.15) is 5.75 Å². The van der Waals surface area contributed by atoms with Crippen LogP contribution in [0.4, 0.5) is 5.69 Å². The lowest BCUT2D eigenvalue weighted by atomic mass is 10.2. The van der Waals surface area contributed by atoms with Gasteiger partial charge < -0.3 is 15.4 Å². The lowest BCUT2D eigenvalue weighted by molar-refractivity contribution is -0.136. The largest absolute Gasteiger partial charge is 0.494 e. The Bertz CT molecular complexity index is 964. The SMILES string of the molecule is CCCCCOc1ccc(NC(=O)C(=O)NCCN2CCN(Cc3ccc(Cl)cc3Cl)CC2)cc1. The lowest BCUT2D eigenvalue weighted by Gasteiger charge is -2.34. The summed E-state index contributed by atoms with van der Waals surface area (Å²) in [4.78, 5) is 29.0. The fourth-order valence-corrected chi connectivity index (χ4v) is 4.30. The van der Waals surface area contributed by atoms with E-state index in [4.69, 9.17) is 27.9 Å². The number of rotatable bonds is 11. The minimum absolute atomic E-state index is 0.416. The summed E-state index contributed by atoms with van der Waals surface area (Å²) in [5.41, 5.74) is 1.62. The van der Waals surface area contributed by atoms with Crippen molar-refractivity contribution in [3.8, 4) is 5.75 Å². The van der Waals surface area contributed by atoms with E-state index < -0.39 is 11.8 Å². The van der Waals surface area contributed by atoms with E-state index >= 15 is 0 Å². The van der Waals surface area contributed by atoms with Crippen LogP contribution in [0.3, 0.4) is 0 Å². The molecule has 0 bridgehead atoms. The number of amides is 2. The van der Waals surface area contributed by atoms with Gasteiger partial charge in [-0.1, -0.05) is 49.0 Å². The van der Waals surface area contributed by atoms with Crippen molar-refractivity contribution in [1.82, 2.24) is 15.1 Å². The molecule has 1 aliphatic rings. The van der Waals surface area contributed by atoms with Crippen LogP contribution in [0.2, 0.25) is 10.0 Å². The summed E-state index contributed by atoms with van der Waals surface area (Å²) in [6, 6.07) is 12.6. The molecule has 0 spiro atoms. The second-order valence-corrected chi connectivity index (χ2v) is 9.49. The Labute approximate surface area is 217 Å². The highest BCUT2D eigenvalue weighted by atomic mass is 35.5. The maximum atomic E-state index is 12.2. The van der Waals surface area contributed by atoms with Crippen molar-refractivity contribution in [3.63, 3.8) is 0 Å². The highest BCUT2D eigenvalue weighted by Crippen LogP contribution is 2.22. The quantitative estimate of drug-likeness (QED) is 0.338. The van der Waals surface area contributed by atoms with Crippen molar-refractivity contribution in [2.75, 3.05) is 51.2 Å². The average Bonchev–Trinajstić information content (AvgIpc) is 2.85. The van der Waals surface area contributed by atoms with Gasteiger partial charge in [0.15, 0.2) is 0 Å². The van der Waals surface area contributed by atoms with Crippen molar-refractivity contribution >= 4 is 40.7 Å². The van der Waals surface area contributed by atoms with Crippen LogP contribution in [0.15, 0.2) is 42.5 Å². The van der Waals surface area contributed by atoms with Gasteiger partial charge in [0.05, 0.1) is 6.61 Å². The van der Waals surface area contributed by atoms with Gasteiger partial charge in [0.25, 0.3) is 0 Å². The van der Waals surface area contributed by atoms with Crippen LogP contribution in [0.1, 0.15) is 31.7 Å². The Balaban J connectivity index is 1.31. The first-order chi connectivity index (χ1) is 16.9. The van der Waals surface area contributed by atoms with Crippen molar-refractivity contribution in [3.05, 3.63) is 58.1 Å². The van der Waals surface area contributed by atoms with Crippen LogP contribution in [-0.4, -0.2) is 67.5 Å². The fourth-order valence-electron chi connectivity index (χ4n) is 3.83. The minimum atomic E-state index is -0.675. The maximum absolute atomic E-state index is 12.2. The molecule has 0 aliphatic carbocycles. The molecule has 1 heterocycles. The summed E-state index contributed by atoms with van der Waals surface area (Å²) >= 11 is 12.3. The van der Waals surface area contributed by atoms with Crippen molar-refractivity contribution < 1.29 is 14.3 Å². The Hall–Kier alpha value is -2.32. The zero-order valence-electron chi connectivity index (χ0n) is 20.2. The molecule has 2 aromatic rings. The van der Waals surface area contributed by atoms with Gasteiger partial charge in [-0.2, -0.15) is 0 Å². The number of hydrogen-bond donors (Lipinski definition) is 2. The van der Waals surface area contributed by atoms with Crippen LogP contribution in [0.5, 0.6) is 5.75 Å². The number of anilines is 1. The van der Waals surface area contributed by atoms with E-state index in [1.165, 1.54) is 0 Å². The minimum Gasteiger partial charge on any atom is -0.494 e. The molecular formula is C26H34Cl2N4O3. The van der Waals surface area contributed by atoms with Crippen LogP contribution in [-0.2, 0) is 16.1 Å². The standard InChI is InChI=1S/C26H34Cl2N4O3/c1-2-3-4-17-35-23-9-7-22(8-10-23)30-26(34)25(33)29-11-12-31-13-15-32(16-14-31)19-20-5-6-21(27)18-24(20)28/h5-10,18H,2-4,11-17,19H2,1H3,(H,29,33)(H,30,34). The molecule has 1 saturated heterocycles. The molecule has 2 aromatic carbocycles. The van der Waals surface area contributed by atoms with E-state index in [0.29, 0.717) is 35.4 Å². The number of benzene rings is 2.